The maximum atomic E-state index is 13.0. The number of amides is 1. The first-order valence-electron chi connectivity index (χ1n) is 9.49. The van der Waals surface area contributed by atoms with E-state index in [1.165, 1.54) is 14.1 Å². The molecule has 2 heterocycles. The minimum Gasteiger partial charge on any atom is -0.318 e. The molecule has 29 heavy (non-hydrogen) atoms. The van der Waals surface area contributed by atoms with E-state index in [0.29, 0.717) is 5.57 Å². The number of rotatable bonds is 3. The van der Waals surface area contributed by atoms with Crippen molar-refractivity contribution >= 4 is 46.0 Å². The number of benzene rings is 2. The second kappa shape index (κ2) is 7.63. The van der Waals surface area contributed by atoms with E-state index in [1.807, 2.05) is 43.3 Å². The maximum absolute atomic E-state index is 13.0. The Labute approximate surface area is 184 Å². The zero-order valence-electron chi connectivity index (χ0n) is 16.9. The molecular formula is C24H22IN3O. The molecule has 0 bridgehead atoms. The Hall–Kier alpha value is -2.67. The van der Waals surface area contributed by atoms with Gasteiger partial charge in [0.1, 0.15) is 0 Å². The van der Waals surface area contributed by atoms with Crippen LogP contribution in [0.2, 0.25) is 0 Å². The minimum atomic E-state index is -0.0939. The average Bonchev–Trinajstić information content (AvgIpc) is 3.15. The number of aromatic nitrogens is 1. The smallest absolute Gasteiger partial charge is 0.280 e. The number of halogens is 1. The first-order chi connectivity index (χ1) is 13.9. The fourth-order valence-electron chi connectivity index (χ4n) is 3.68. The van der Waals surface area contributed by atoms with E-state index in [1.54, 1.807) is 0 Å². The number of aryl methyl sites for hydroxylation is 2. The highest BCUT2D eigenvalue weighted by Gasteiger charge is 2.29. The number of para-hydroxylation sites is 1. The van der Waals surface area contributed by atoms with E-state index in [9.17, 15) is 4.79 Å². The molecule has 0 aliphatic carbocycles. The van der Waals surface area contributed by atoms with E-state index < -0.39 is 0 Å². The first kappa shape index (κ1) is 19.6. The summed E-state index contributed by atoms with van der Waals surface area (Å²) in [6.45, 7) is 8.19. The number of hydrogen-bond acceptors (Lipinski definition) is 2. The number of hydrazone groups is 1. The van der Waals surface area contributed by atoms with Crippen molar-refractivity contribution in [1.29, 1.82) is 0 Å². The predicted octanol–water partition coefficient (Wildman–Crippen LogP) is 5.81. The van der Waals surface area contributed by atoms with Crippen molar-refractivity contribution in [3.63, 3.8) is 0 Å². The van der Waals surface area contributed by atoms with E-state index in [0.717, 1.165) is 34.0 Å². The maximum Gasteiger partial charge on any atom is 0.280 e. The van der Waals surface area contributed by atoms with Crippen LogP contribution in [0.3, 0.4) is 0 Å². The van der Waals surface area contributed by atoms with Crippen LogP contribution in [0, 0.1) is 24.3 Å². The van der Waals surface area contributed by atoms with Crippen molar-refractivity contribution in [2.75, 3.05) is 5.01 Å². The molecule has 0 saturated heterocycles. The summed E-state index contributed by atoms with van der Waals surface area (Å²) in [4.78, 5) is 13.0. The summed E-state index contributed by atoms with van der Waals surface area (Å²) in [5, 5.41) is 5.96. The molecule has 0 spiro atoms. The highest BCUT2D eigenvalue weighted by molar-refractivity contribution is 14.1. The second-order valence-corrected chi connectivity index (χ2v) is 8.45. The minimum absolute atomic E-state index is 0.0939. The summed E-state index contributed by atoms with van der Waals surface area (Å²) in [6.07, 6.45) is 1.96. The standard InChI is InChI=1S/C24H22IN3O/c1-15-12-21(10-11-23(15)25)27-16(2)13-19(18(27)4)14-22-17(3)26-28(24(22)29)20-8-6-5-7-9-20/h5-14H,1-4H3/b22-14+. The molecule has 1 aliphatic heterocycles. The average molecular weight is 495 g/mol. The van der Waals surface area contributed by atoms with Crippen molar-refractivity contribution in [3.8, 4) is 5.69 Å². The fraction of sp³-hybridized carbons (Fsp3) is 0.167. The van der Waals surface area contributed by atoms with Gasteiger partial charge in [0, 0.05) is 20.6 Å². The van der Waals surface area contributed by atoms with Gasteiger partial charge in [0.05, 0.1) is 17.0 Å². The van der Waals surface area contributed by atoms with Crippen LogP contribution in [-0.2, 0) is 4.79 Å². The van der Waals surface area contributed by atoms with Gasteiger partial charge in [-0.05, 0) is 104 Å². The van der Waals surface area contributed by atoms with Crippen LogP contribution in [0.15, 0.2) is 65.3 Å². The van der Waals surface area contributed by atoms with Crippen LogP contribution in [0.5, 0.6) is 0 Å². The van der Waals surface area contributed by atoms with E-state index in [2.05, 4.69) is 77.3 Å². The summed E-state index contributed by atoms with van der Waals surface area (Å²) >= 11 is 2.35. The predicted molar refractivity (Wildman–Crippen MR) is 128 cm³/mol. The third kappa shape index (κ3) is 3.55. The summed E-state index contributed by atoms with van der Waals surface area (Å²) < 4.78 is 3.48. The Kier molecular flexibility index (Phi) is 5.17. The van der Waals surface area contributed by atoms with Crippen LogP contribution in [0.4, 0.5) is 5.69 Å². The number of carbonyl (C=O) groups is 1. The number of nitrogens with zero attached hydrogens (tertiary/aromatic N) is 3. The Bertz CT molecular complexity index is 1170. The monoisotopic (exact) mass is 495 g/mol. The largest absolute Gasteiger partial charge is 0.318 e. The molecule has 0 radical (unpaired) electrons. The highest BCUT2D eigenvalue weighted by Crippen LogP contribution is 2.28. The highest BCUT2D eigenvalue weighted by atomic mass is 127. The van der Waals surface area contributed by atoms with E-state index in [4.69, 9.17) is 0 Å². The topological polar surface area (TPSA) is 37.6 Å². The molecule has 3 aromatic rings. The molecule has 2 aromatic carbocycles. The third-order valence-electron chi connectivity index (χ3n) is 5.23. The molecule has 0 saturated carbocycles. The molecule has 1 amide bonds. The van der Waals surface area contributed by atoms with Crippen molar-refractivity contribution in [2.24, 2.45) is 5.10 Å². The first-order valence-corrected chi connectivity index (χ1v) is 10.6. The normalized spacial score (nSPS) is 15.3. The third-order valence-corrected chi connectivity index (χ3v) is 6.44. The van der Waals surface area contributed by atoms with Gasteiger partial charge in [0.15, 0.2) is 0 Å². The molecule has 1 aromatic heterocycles. The summed E-state index contributed by atoms with van der Waals surface area (Å²) in [5.41, 5.74) is 7.80. The summed E-state index contributed by atoms with van der Waals surface area (Å²) in [5.74, 6) is -0.0939. The van der Waals surface area contributed by atoms with Gasteiger partial charge in [-0.25, -0.2) is 0 Å². The van der Waals surface area contributed by atoms with E-state index >= 15 is 0 Å². The van der Waals surface area contributed by atoms with Crippen LogP contribution in [-0.4, -0.2) is 16.2 Å². The Morgan fingerprint density at radius 1 is 0.931 bits per heavy atom. The lowest BCUT2D eigenvalue weighted by molar-refractivity contribution is -0.114. The van der Waals surface area contributed by atoms with Gasteiger partial charge in [0.25, 0.3) is 5.91 Å². The summed E-state index contributed by atoms with van der Waals surface area (Å²) in [6, 6.07) is 18.1. The van der Waals surface area contributed by atoms with Crippen molar-refractivity contribution in [1.82, 2.24) is 4.57 Å². The number of anilines is 1. The molecule has 5 heteroatoms. The lowest BCUT2D eigenvalue weighted by Gasteiger charge is -2.12. The molecule has 4 rings (SSSR count). The van der Waals surface area contributed by atoms with Crippen LogP contribution in [0.1, 0.15) is 29.4 Å². The SMILES string of the molecule is CC1=NN(c2ccccc2)C(=O)/C1=C/c1cc(C)n(-c2ccc(I)c(C)c2)c1C. The lowest BCUT2D eigenvalue weighted by Crippen LogP contribution is -2.21. The van der Waals surface area contributed by atoms with Crippen molar-refractivity contribution in [3.05, 3.63) is 86.3 Å². The van der Waals surface area contributed by atoms with Gasteiger partial charge in [-0.2, -0.15) is 10.1 Å². The zero-order valence-corrected chi connectivity index (χ0v) is 19.1. The Morgan fingerprint density at radius 3 is 2.34 bits per heavy atom. The van der Waals surface area contributed by atoms with Gasteiger partial charge < -0.3 is 4.57 Å². The molecule has 146 valence electrons. The zero-order chi connectivity index (χ0) is 20.7. The quantitative estimate of drug-likeness (QED) is 0.334. The van der Waals surface area contributed by atoms with Crippen LogP contribution >= 0.6 is 22.6 Å². The molecular weight excluding hydrogens is 473 g/mol. The van der Waals surface area contributed by atoms with Gasteiger partial charge in [-0.15, -0.1) is 0 Å². The number of carbonyl (C=O) groups excluding carboxylic acids is 1. The second-order valence-electron chi connectivity index (χ2n) is 7.29. The summed E-state index contributed by atoms with van der Waals surface area (Å²) in [7, 11) is 0. The molecule has 4 nitrogen and oxygen atoms in total. The molecule has 0 N–H and O–H groups in total. The molecule has 0 fully saturated rings. The van der Waals surface area contributed by atoms with Crippen molar-refractivity contribution in [2.45, 2.75) is 27.7 Å². The Morgan fingerprint density at radius 2 is 1.66 bits per heavy atom. The molecule has 0 unspecified atom stereocenters. The van der Waals surface area contributed by atoms with Gasteiger partial charge in [-0.1, -0.05) is 18.2 Å². The number of hydrogen-bond donors (Lipinski definition) is 0. The Balaban J connectivity index is 1.73. The molecule has 1 aliphatic rings. The van der Waals surface area contributed by atoms with Gasteiger partial charge in [0.2, 0.25) is 0 Å². The van der Waals surface area contributed by atoms with E-state index in [-0.39, 0.29) is 5.91 Å². The fourth-order valence-corrected chi connectivity index (χ4v) is 4.02. The van der Waals surface area contributed by atoms with Crippen LogP contribution < -0.4 is 5.01 Å². The van der Waals surface area contributed by atoms with Crippen LogP contribution in [0.25, 0.3) is 11.8 Å². The van der Waals surface area contributed by atoms with Crippen molar-refractivity contribution < 1.29 is 4.79 Å². The molecule has 0 atom stereocenters. The van der Waals surface area contributed by atoms with Gasteiger partial charge >= 0.3 is 0 Å². The lowest BCUT2D eigenvalue weighted by atomic mass is 10.1. The van der Waals surface area contributed by atoms with Gasteiger partial charge in [-0.3, -0.25) is 4.79 Å².